The minimum absolute atomic E-state index is 0.00392. The van der Waals surface area contributed by atoms with Gasteiger partial charge in [-0.25, -0.2) is 8.42 Å². The summed E-state index contributed by atoms with van der Waals surface area (Å²) < 4.78 is 82.8. The van der Waals surface area contributed by atoms with E-state index < -0.39 is 58.9 Å². The number of aromatic nitrogens is 1. The third kappa shape index (κ3) is 13.0. The van der Waals surface area contributed by atoms with Gasteiger partial charge in [-0.15, -0.1) is 0 Å². The number of aryl methyl sites for hydroxylation is 2. The lowest BCUT2D eigenvalue weighted by molar-refractivity contribution is -0.870. The fraction of sp³-hybridized carbons (Fsp3) is 0.476. The molecule has 4 heterocycles. The van der Waals surface area contributed by atoms with E-state index >= 15 is 8.63 Å². The molecule has 0 saturated heterocycles. The number of benzene rings is 1. The van der Waals surface area contributed by atoms with Crippen LogP contribution in [0, 0.1) is 6.92 Å². The lowest BCUT2D eigenvalue weighted by Crippen LogP contribution is -2.51. The molecule has 0 spiro atoms. The van der Waals surface area contributed by atoms with Crippen LogP contribution < -0.4 is 20.7 Å². The van der Waals surface area contributed by atoms with E-state index in [0.717, 1.165) is 36.9 Å². The first-order valence-corrected chi connectivity index (χ1v) is 22.4. The Bertz CT molecular complexity index is 2300. The van der Waals surface area contributed by atoms with Gasteiger partial charge in [0.2, 0.25) is 17.7 Å². The molecule has 1 atom stereocenters. The lowest BCUT2D eigenvalue weighted by Gasteiger charge is -2.32. The summed E-state index contributed by atoms with van der Waals surface area (Å²) in [6.07, 6.45) is 7.43. The normalized spacial score (nSPS) is 16.1. The highest BCUT2D eigenvalue weighted by atomic mass is 32.2. The predicted octanol–water partition coefficient (Wildman–Crippen LogP) is 1.62. The molecule has 5 amide bonds. The first-order valence-electron chi connectivity index (χ1n) is 20.8. The molecule has 3 aliphatic heterocycles. The number of rotatable bonds is 24. The second-order valence-corrected chi connectivity index (χ2v) is 18.1. The number of quaternary nitrogens is 1. The molecule has 342 valence electrons. The zero-order valence-corrected chi connectivity index (χ0v) is 37.1. The summed E-state index contributed by atoms with van der Waals surface area (Å²) in [5.74, 6) is -3.51. The molecule has 0 radical (unpaired) electrons. The van der Waals surface area contributed by atoms with Crippen LogP contribution in [0.1, 0.15) is 61.0 Å². The van der Waals surface area contributed by atoms with Crippen LogP contribution in [0.4, 0.5) is 8.63 Å². The van der Waals surface area contributed by atoms with E-state index in [2.05, 4.69) is 37.1 Å². The van der Waals surface area contributed by atoms with Gasteiger partial charge in [-0.2, -0.15) is 0 Å². The molecular weight excluding hydrogens is 843 g/mol. The van der Waals surface area contributed by atoms with Crippen LogP contribution >= 0.6 is 0 Å². The van der Waals surface area contributed by atoms with E-state index in [0.29, 0.717) is 53.2 Å². The molecule has 2 aromatic rings. The zero-order valence-electron chi connectivity index (χ0n) is 36.3. The Labute approximate surface area is 366 Å². The van der Waals surface area contributed by atoms with Gasteiger partial charge >= 0.3 is 6.97 Å². The number of nitrogens with one attached hydrogen (secondary N) is 3. The second-order valence-electron chi connectivity index (χ2n) is 16.7. The van der Waals surface area contributed by atoms with Gasteiger partial charge in [-0.3, -0.25) is 28.9 Å². The molecule has 63 heavy (non-hydrogen) atoms. The number of unbranched alkanes of at least 4 members (excludes halogenated alkanes) is 1. The predicted molar refractivity (Wildman–Crippen MR) is 229 cm³/mol. The van der Waals surface area contributed by atoms with Crippen molar-refractivity contribution in [3.63, 3.8) is 0 Å². The monoisotopic (exact) mass is 899 g/mol. The molecule has 0 aliphatic carbocycles. The zero-order chi connectivity index (χ0) is 46.1. The van der Waals surface area contributed by atoms with Crippen molar-refractivity contribution >= 4 is 58.4 Å². The summed E-state index contributed by atoms with van der Waals surface area (Å²) in [5.41, 5.74) is 3.13. The number of halogens is 2. The van der Waals surface area contributed by atoms with E-state index in [9.17, 15) is 36.9 Å². The number of ether oxygens (including phenoxy) is 2. The van der Waals surface area contributed by atoms with E-state index in [1.807, 2.05) is 6.08 Å². The van der Waals surface area contributed by atoms with Gasteiger partial charge in [-0.05, 0) is 74.2 Å². The van der Waals surface area contributed by atoms with E-state index in [1.54, 1.807) is 43.3 Å². The highest BCUT2D eigenvalue weighted by Gasteiger charge is 2.54. The highest BCUT2D eigenvalue weighted by molar-refractivity contribution is 7.85. The summed E-state index contributed by atoms with van der Waals surface area (Å²) in [7, 11) is 2.76. The quantitative estimate of drug-likeness (QED) is 0.0456. The van der Waals surface area contributed by atoms with Crippen molar-refractivity contribution in [2.75, 3.05) is 73.4 Å². The van der Waals surface area contributed by atoms with Crippen molar-refractivity contribution < 1.29 is 64.0 Å². The van der Waals surface area contributed by atoms with Crippen LogP contribution in [0.3, 0.4) is 0 Å². The fourth-order valence-corrected chi connectivity index (χ4v) is 8.29. The average molecular weight is 900 g/mol. The molecule has 3 aliphatic rings. The molecule has 0 saturated carbocycles. The van der Waals surface area contributed by atoms with Crippen molar-refractivity contribution in [1.82, 2.24) is 25.3 Å². The molecule has 1 unspecified atom stereocenters. The van der Waals surface area contributed by atoms with Crippen LogP contribution in [-0.4, -0.2) is 153 Å². The first kappa shape index (κ1) is 48.5. The Balaban J connectivity index is 1.16. The van der Waals surface area contributed by atoms with Gasteiger partial charge in [0.25, 0.3) is 11.8 Å². The van der Waals surface area contributed by atoms with E-state index in [4.69, 9.17) is 9.47 Å². The maximum Gasteiger partial charge on any atom is 0.737 e. The van der Waals surface area contributed by atoms with Crippen molar-refractivity contribution in [1.29, 1.82) is 0 Å². The smallest absolute Gasteiger partial charge is 0.737 e. The number of methoxy groups -OCH3 is 1. The van der Waals surface area contributed by atoms with Crippen molar-refractivity contribution in [3.05, 3.63) is 82.3 Å². The topological polar surface area (TPSA) is 208 Å². The molecule has 0 fully saturated rings. The number of nitrogens with zero attached hydrogens (tertiary/aromatic N) is 4. The third-order valence-corrected chi connectivity index (χ3v) is 11.5. The van der Waals surface area contributed by atoms with Gasteiger partial charge in [0.05, 0.1) is 70.4 Å². The molecule has 1 aromatic carbocycles. The number of allylic oxidation sites excluding steroid dienone is 2. The molecule has 5 rings (SSSR count). The van der Waals surface area contributed by atoms with Gasteiger partial charge in [0.15, 0.2) is 11.4 Å². The standard InChI is InChI=1S/C42H56BF2N7O10S/c1-29-25-32(50-35(29)27-37-31(9-8-22-52(2,3)4)26-36(51(37)43(50,44)45)30-11-14-33(61-5)15-12-30)13-16-39(54)48-34(28-63(58,59)60)42(57)47-19-7-6-10-38(53)46-20-23-62-24-21-49-40(55)17-18-41(49)56/h11-12,14-15,17-18,25-27,34H,6-10,13,16,19-24,28H2,1-5H3,(H3-,46,47,48,53,54,57,58,59,60). The SMILES string of the molecule is COc1ccc(C2=[N+]3C(=Cc4c(C)cc(CCC(=O)NC(CS(=O)(=O)[O-])C(=O)NCCCCC(=O)NCCOCCN5C(=O)C=CC5=O)n4[B-]3(F)F)C(CCC[N+](C)(C)C)=C2)cc1. The summed E-state index contributed by atoms with van der Waals surface area (Å²) in [5, 5.41) is 7.44. The number of carbonyl (C=O) groups excluding carboxylic acids is 5. The number of fused-ring (bicyclic) bond motifs is 2. The Hall–Kier alpha value is -5.51. The van der Waals surface area contributed by atoms with Crippen molar-refractivity contribution in [2.24, 2.45) is 0 Å². The Morgan fingerprint density at radius 2 is 1.62 bits per heavy atom. The summed E-state index contributed by atoms with van der Waals surface area (Å²) in [6, 6.07) is 6.73. The van der Waals surface area contributed by atoms with Crippen LogP contribution in [-0.2, 0) is 45.2 Å². The molecule has 17 nitrogen and oxygen atoms in total. The van der Waals surface area contributed by atoms with E-state index in [-0.39, 0.29) is 57.3 Å². The molecular formula is C42H56BF2N7O10S. The molecule has 3 N–H and O–H groups in total. The Morgan fingerprint density at radius 3 is 2.27 bits per heavy atom. The van der Waals surface area contributed by atoms with Gasteiger partial charge < -0.3 is 52.1 Å². The van der Waals surface area contributed by atoms with Crippen molar-refractivity contribution in [3.8, 4) is 5.75 Å². The van der Waals surface area contributed by atoms with Crippen LogP contribution in [0.5, 0.6) is 5.75 Å². The number of hydrogen-bond donors (Lipinski definition) is 3. The first-order chi connectivity index (χ1) is 29.7. The Morgan fingerprint density at radius 1 is 0.921 bits per heavy atom. The highest BCUT2D eigenvalue weighted by Crippen LogP contribution is 2.39. The summed E-state index contributed by atoms with van der Waals surface area (Å²) >= 11 is 0. The minimum atomic E-state index is -4.99. The molecule has 0 bridgehead atoms. The summed E-state index contributed by atoms with van der Waals surface area (Å²) in [6.45, 7) is -1.39. The molecule has 1 aromatic heterocycles. The van der Waals surface area contributed by atoms with E-state index in [1.165, 1.54) is 19.3 Å². The van der Waals surface area contributed by atoms with Crippen molar-refractivity contribution in [2.45, 2.75) is 57.9 Å². The number of amides is 5. The van der Waals surface area contributed by atoms with Crippen LogP contribution in [0.25, 0.3) is 6.08 Å². The second kappa shape index (κ2) is 20.8. The minimum Gasteiger partial charge on any atom is -0.748 e. The largest absolute Gasteiger partial charge is 0.748 e. The number of hydrogen-bond acceptors (Lipinski definition) is 10. The molecule has 21 heteroatoms. The maximum absolute atomic E-state index is 17.1. The lowest BCUT2D eigenvalue weighted by atomic mass is 9.88. The average Bonchev–Trinajstić information content (AvgIpc) is 3.86. The number of carbonyl (C=O) groups is 5. The van der Waals surface area contributed by atoms with Gasteiger partial charge in [-0.1, -0.05) is 0 Å². The van der Waals surface area contributed by atoms with Crippen LogP contribution in [0.15, 0.2) is 59.8 Å². The fourth-order valence-electron chi connectivity index (χ4n) is 7.65. The van der Waals surface area contributed by atoms with Gasteiger partial charge in [0, 0.05) is 73.5 Å². The van der Waals surface area contributed by atoms with Gasteiger partial charge in [0.1, 0.15) is 11.8 Å². The number of imide groups is 1. The maximum atomic E-state index is 17.1. The summed E-state index contributed by atoms with van der Waals surface area (Å²) in [4.78, 5) is 62.5. The van der Waals surface area contributed by atoms with Crippen LogP contribution in [0.2, 0.25) is 0 Å². The third-order valence-electron chi connectivity index (χ3n) is 10.8. The Kier molecular flexibility index (Phi) is 16.0.